The van der Waals surface area contributed by atoms with Gasteiger partial charge in [-0.2, -0.15) is 0 Å². The minimum Gasteiger partial charge on any atom is -0.326 e. The molecule has 24 heavy (non-hydrogen) atoms. The number of nitrogens with one attached hydrogen (secondary N) is 1. The number of likely N-dealkylation sites (tertiary alicyclic amines) is 1. The Labute approximate surface area is 142 Å². The highest BCUT2D eigenvalue weighted by molar-refractivity contribution is 5.99. The summed E-state index contributed by atoms with van der Waals surface area (Å²) in [6.45, 7) is 2.54. The van der Waals surface area contributed by atoms with Gasteiger partial charge in [0.15, 0.2) is 0 Å². The third-order valence-corrected chi connectivity index (χ3v) is 4.48. The molecule has 1 N–H and O–H groups in total. The molecule has 0 spiro atoms. The monoisotopic (exact) mass is 322 g/mol. The Kier molecular flexibility index (Phi) is 4.94. The molecular weight excluding hydrogens is 300 g/mol. The predicted molar refractivity (Wildman–Crippen MR) is 94.5 cm³/mol. The van der Waals surface area contributed by atoms with E-state index in [1.54, 1.807) is 4.90 Å². The lowest BCUT2D eigenvalue weighted by Gasteiger charge is -2.24. The van der Waals surface area contributed by atoms with Crippen LogP contribution in [0.25, 0.3) is 0 Å². The van der Waals surface area contributed by atoms with Crippen LogP contribution in [-0.2, 0) is 22.6 Å². The van der Waals surface area contributed by atoms with Crippen LogP contribution in [0.1, 0.15) is 30.9 Å². The highest BCUT2D eigenvalue weighted by Crippen LogP contribution is 2.24. The lowest BCUT2D eigenvalue weighted by Crippen LogP contribution is -2.41. The van der Waals surface area contributed by atoms with Gasteiger partial charge in [0.1, 0.15) is 6.04 Å². The Morgan fingerprint density at radius 1 is 1.12 bits per heavy atom. The van der Waals surface area contributed by atoms with Crippen LogP contribution in [0.3, 0.4) is 0 Å². The fourth-order valence-corrected chi connectivity index (χ4v) is 3.15. The van der Waals surface area contributed by atoms with Crippen molar-refractivity contribution in [2.45, 2.75) is 38.8 Å². The summed E-state index contributed by atoms with van der Waals surface area (Å²) in [4.78, 5) is 26.6. The summed E-state index contributed by atoms with van der Waals surface area (Å²) >= 11 is 0. The number of benzene rings is 2. The van der Waals surface area contributed by atoms with Gasteiger partial charge in [0.2, 0.25) is 11.8 Å². The van der Waals surface area contributed by atoms with Crippen LogP contribution < -0.4 is 5.32 Å². The average Bonchev–Trinajstić information content (AvgIpc) is 2.97. The molecule has 1 saturated heterocycles. The minimum absolute atomic E-state index is 0.0442. The van der Waals surface area contributed by atoms with Crippen molar-refractivity contribution in [3.8, 4) is 0 Å². The van der Waals surface area contributed by atoms with E-state index in [-0.39, 0.29) is 11.8 Å². The van der Waals surface area contributed by atoms with E-state index in [2.05, 4.69) is 12.2 Å². The quantitative estimate of drug-likeness (QED) is 0.917. The molecule has 4 nitrogen and oxygen atoms in total. The number of rotatable bonds is 5. The summed E-state index contributed by atoms with van der Waals surface area (Å²) in [7, 11) is 0. The van der Waals surface area contributed by atoms with Crippen LogP contribution in [0.5, 0.6) is 0 Å². The smallest absolute Gasteiger partial charge is 0.247 e. The van der Waals surface area contributed by atoms with E-state index in [0.717, 1.165) is 23.2 Å². The van der Waals surface area contributed by atoms with Gasteiger partial charge in [-0.1, -0.05) is 55.5 Å². The number of aryl methyl sites for hydroxylation is 1. The molecule has 1 aliphatic rings. The van der Waals surface area contributed by atoms with E-state index in [1.807, 2.05) is 54.6 Å². The molecule has 0 radical (unpaired) electrons. The first kappa shape index (κ1) is 16.2. The van der Waals surface area contributed by atoms with Gasteiger partial charge < -0.3 is 10.2 Å². The first-order valence-corrected chi connectivity index (χ1v) is 8.41. The summed E-state index contributed by atoms with van der Waals surface area (Å²) in [6.07, 6.45) is 1.86. The highest BCUT2D eigenvalue weighted by Gasteiger charge is 2.36. The number of amides is 2. The number of hydrogen-bond donors (Lipinski definition) is 1. The molecule has 1 fully saturated rings. The first-order valence-electron chi connectivity index (χ1n) is 8.41. The van der Waals surface area contributed by atoms with Crippen molar-refractivity contribution in [2.75, 3.05) is 5.32 Å². The zero-order chi connectivity index (χ0) is 16.9. The van der Waals surface area contributed by atoms with Gasteiger partial charge in [0.25, 0.3) is 0 Å². The second kappa shape index (κ2) is 7.30. The molecule has 4 heteroatoms. The van der Waals surface area contributed by atoms with Crippen molar-refractivity contribution in [2.24, 2.45) is 0 Å². The average molecular weight is 322 g/mol. The number of anilines is 1. The molecule has 2 aromatic carbocycles. The Morgan fingerprint density at radius 2 is 1.83 bits per heavy atom. The molecule has 2 amide bonds. The van der Waals surface area contributed by atoms with Crippen LogP contribution in [-0.4, -0.2) is 22.8 Å². The van der Waals surface area contributed by atoms with Gasteiger partial charge in [-0.05, 0) is 30.0 Å². The second-order valence-corrected chi connectivity index (χ2v) is 6.06. The molecule has 3 rings (SSSR count). The minimum atomic E-state index is -0.400. The second-order valence-electron chi connectivity index (χ2n) is 6.06. The standard InChI is InChI=1S/C20H22N2O2/c1-2-16-10-6-7-11-17(16)21-20(24)18-12-13-19(23)22(18)14-15-8-4-3-5-9-15/h3-11,18H,2,12-14H2,1H3,(H,21,24). The van der Waals surface area contributed by atoms with E-state index < -0.39 is 6.04 Å². The molecular formula is C20H22N2O2. The van der Waals surface area contributed by atoms with Gasteiger partial charge in [-0.3, -0.25) is 9.59 Å². The van der Waals surface area contributed by atoms with Crippen molar-refractivity contribution < 1.29 is 9.59 Å². The van der Waals surface area contributed by atoms with Gasteiger partial charge in [-0.15, -0.1) is 0 Å². The van der Waals surface area contributed by atoms with Crippen molar-refractivity contribution in [1.29, 1.82) is 0 Å². The van der Waals surface area contributed by atoms with Crippen LogP contribution in [0.4, 0.5) is 5.69 Å². The number of nitrogens with zero attached hydrogens (tertiary/aromatic N) is 1. The largest absolute Gasteiger partial charge is 0.326 e. The van der Waals surface area contributed by atoms with Crippen LogP contribution >= 0.6 is 0 Å². The molecule has 0 bridgehead atoms. The molecule has 0 aromatic heterocycles. The van der Waals surface area contributed by atoms with Crippen molar-refractivity contribution in [3.05, 3.63) is 65.7 Å². The van der Waals surface area contributed by atoms with Crippen molar-refractivity contribution in [3.63, 3.8) is 0 Å². The summed E-state index contributed by atoms with van der Waals surface area (Å²) in [5.74, 6) is -0.0551. The third kappa shape index (κ3) is 3.48. The molecule has 1 heterocycles. The van der Waals surface area contributed by atoms with E-state index >= 15 is 0 Å². The number of carbonyl (C=O) groups excluding carboxylic acids is 2. The summed E-state index contributed by atoms with van der Waals surface area (Å²) < 4.78 is 0. The van der Waals surface area contributed by atoms with Crippen LogP contribution in [0, 0.1) is 0 Å². The normalized spacial score (nSPS) is 17.1. The maximum absolute atomic E-state index is 12.7. The number of hydrogen-bond acceptors (Lipinski definition) is 2. The number of para-hydroxylation sites is 1. The Morgan fingerprint density at radius 3 is 2.58 bits per heavy atom. The topological polar surface area (TPSA) is 49.4 Å². The molecule has 0 aliphatic carbocycles. The van der Waals surface area contributed by atoms with E-state index in [4.69, 9.17) is 0 Å². The molecule has 2 aromatic rings. The Balaban J connectivity index is 1.74. The summed E-state index contributed by atoms with van der Waals surface area (Å²) in [5, 5.41) is 3.01. The zero-order valence-corrected chi connectivity index (χ0v) is 13.9. The molecule has 0 saturated carbocycles. The van der Waals surface area contributed by atoms with E-state index in [1.165, 1.54) is 0 Å². The van der Waals surface area contributed by atoms with E-state index in [9.17, 15) is 9.59 Å². The third-order valence-electron chi connectivity index (χ3n) is 4.48. The lowest BCUT2D eigenvalue weighted by atomic mass is 10.1. The molecule has 1 unspecified atom stereocenters. The van der Waals surface area contributed by atoms with E-state index in [0.29, 0.717) is 19.4 Å². The Hall–Kier alpha value is -2.62. The zero-order valence-electron chi connectivity index (χ0n) is 13.9. The summed E-state index contributed by atoms with van der Waals surface area (Å²) in [6, 6.07) is 17.2. The van der Waals surface area contributed by atoms with Gasteiger partial charge >= 0.3 is 0 Å². The van der Waals surface area contributed by atoms with Gasteiger partial charge in [0.05, 0.1) is 0 Å². The molecule has 124 valence electrons. The summed E-state index contributed by atoms with van der Waals surface area (Å²) in [5.41, 5.74) is 2.98. The Bertz CT molecular complexity index is 727. The highest BCUT2D eigenvalue weighted by atomic mass is 16.2. The maximum atomic E-state index is 12.7. The fraction of sp³-hybridized carbons (Fsp3) is 0.300. The first-order chi connectivity index (χ1) is 11.7. The maximum Gasteiger partial charge on any atom is 0.247 e. The van der Waals surface area contributed by atoms with Gasteiger partial charge in [-0.25, -0.2) is 0 Å². The van der Waals surface area contributed by atoms with Crippen molar-refractivity contribution >= 4 is 17.5 Å². The van der Waals surface area contributed by atoms with Crippen LogP contribution in [0.2, 0.25) is 0 Å². The van der Waals surface area contributed by atoms with Gasteiger partial charge in [0, 0.05) is 18.7 Å². The SMILES string of the molecule is CCc1ccccc1NC(=O)C1CCC(=O)N1Cc1ccccc1. The van der Waals surface area contributed by atoms with Crippen molar-refractivity contribution in [1.82, 2.24) is 4.90 Å². The number of carbonyl (C=O) groups is 2. The molecule has 1 atom stereocenters. The predicted octanol–water partition coefficient (Wildman–Crippen LogP) is 3.38. The lowest BCUT2D eigenvalue weighted by molar-refractivity contribution is -0.133. The molecule has 1 aliphatic heterocycles. The van der Waals surface area contributed by atoms with Crippen LogP contribution in [0.15, 0.2) is 54.6 Å². The fourth-order valence-electron chi connectivity index (χ4n) is 3.15.